The molecule has 25 heavy (non-hydrogen) atoms. The van der Waals surface area contributed by atoms with Gasteiger partial charge in [0.1, 0.15) is 29.3 Å². The third-order valence-electron chi connectivity index (χ3n) is 3.49. The van der Waals surface area contributed by atoms with Crippen molar-refractivity contribution in [1.29, 1.82) is 0 Å². The van der Waals surface area contributed by atoms with E-state index in [-0.39, 0.29) is 13.2 Å². The second-order valence-corrected chi connectivity index (χ2v) is 5.33. The Balaban J connectivity index is 2.24. The van der Waals surface area contributed by atoms with Gasteiger partial charge in [-0.3, -0.25) is 0 Å². The lowest BCUT2D eigenvalue weighted by molar-refractivity contribution is -0.150. The van der Waals surface area contributed by atoms with Crippen LogP contribution in [-0.2, 0) is 19.0 Å². The maximum absolute atomic E-state index is 12.3. The lowest BCUT2D eigenvalue weighted by Crippen LogP contribution is -2.26. The van der Waals surface area contributed by atoms with Crippen molar-refractivity contribution in [3.05, 3.63) is 29.5 Å². The van der Waals surface area contributed by atoms with E-state index in [2.05, 4.69) is 0 Å². The van der Waals surface area contributed by atoms with E-state index in [0.717, 1.165) is 0 Å². The van der Waals surface area contributed by atoms with E-state index >= 15 is 0 Å². The monoisotopic (exact) mass is 350 g/mol. The van der Waals surface area contributed by atoms with Gasteiger partial charge in [-0.05, 0) is 39.0 Å². The van der Waals surface area contributed by atoms with Gasteiger partial charge in [-0.15, -0.1) is 0 Å². The average Bonchev–Trinajstić information content (AvgIpc) is 2.90. The van der Waals surface area contributed by atoms with Gasteiger partial charge in [-0.25, -0.2) is 9.59 Å². The molecule has 0 aliphatic rings. The van der Waals surface area contributed by atoms with Crippen molar-refractivity contribution in [2.24, 2.45) is 0 Å². The predicted octanol–water partition coefficient (Wildman–Crippen LogP) is 2.87. The van der Waals surface area contributed by atoms with Gasteiger partial charge in [0.2, 0.25) is 0 Å². The van der Waals surface area contributed by atoms with E-state index in [9.17, 15) is 9.59 Å². The van der Waals surface area contributed by atoms with E-state index in [1.165, 1.54) is 7.11 Å². The molecular weight excluding hydrogens is 328 g/mol. The van der Waals surface area contributed by atoms with Crippen molar-refractivity contribution < 1.29 is 33.0 Å². The van der Waals surface area contributed by atoms with Crippen molar-refractivity contribution in [2.45, 2.75) is 26.9 Å². The van der Waals surface area contributed by atoms with Crippen LogP contribution in [0.15, 0.2) is 22.6 Å². The van der Waals surface area contributed by atoms with Crippen molar-refractivity contribution in [2.75, 3.05) is 26.9 Å². The van der Waals surface area contributed by atoms with Crippen molar-refractivity contribution >= 4 is 22.9 Å². The van der Waals surface area contributed by atoms with Crippen LogP contribution in [0.5, 0.6) is 5.75 Å². The third kappa shape index (κ3) is 4.51. The van der Waals surface area contributed by atoms with Crippen LogP contribution in [0.25, 0.3) is 11.0 Å². The van der Waals surface area contributed by atoms with Gasteiger partial charge in [0.05, 0.1) is 13.2 Å². The first-order valence-electron chi connectivity index (χ1n) is 8.00. The van der Waals surface area contributed by atoms with E-state index < -0.39 is 18.0 Å². The Bertz CT molecular complexity index is 747. The summed E-state index contributed by atoms with van der Waals surface area (Å²) >= 11 is 0. The van der Waals surface area contributed by atoms with Crippen molar-refractivity contribution in [3.8, 4) is 5.75 Å². The van der Waals surface area contributed by atoms with Crippen LogP contribution in [0.3, 0.4) is 0 Å². The number of hydrogen-bond donors (Lipinski definition) is 0. The third-order valence-corrected chi connectivity index (χ3v) is 3.49. The molecule has 0 N–H and O–H groups in total. The summed E-state index contributed by atoms with van der Waals surface area (Å²) < 4.78 is 26.1. The lowest BCUT2D eigenvalue weighted by Gasteiger charge is -2.13. The molecule has 7 nitrogen and oxygen atoms in total. The number of carbonyl (C=O) groups is 2. The fourth-order valence-electron chi connectivity index (χ4n) is 2.33. The number of fused-ring (bicyclic) bond motifs is 1. The molecule has 1 atom stereocenters. The Morgan fingerprint density at radius 3 is 2.64 bits per heavy atom. The Kier molecular flexibility index (Phi) is 6.41. The molecule has 1 heterocycles. The SMILES string of the molecule is CCOC(=O)[C@@H](C)Oc1ccc2oc(C)c(C(=O)OCCOC)c2c1. The smallest absolute Gasteiger partial charge is 0.347 e. The zero-order chi connectivity index (χ0) is 18.4. The summed E-state index contributed by atoms with van der Waals surface area (Å²) in [4.78, 5) is 24.0. The maximum Gasteiger partial charge on any atom is 0.347 e. The fourth-order valence-corrected chi connectivity index (χ4v) is 2.33. The van der Waals surface area contributed by atoms with E-state index in [1.807, 2.05) is 0 Å². The number of benzene rings is 1. The molecular formula is C18H22O7. The highest BCUT2D eigenvalue weighted by molar-refractivity contribution is 6.04. The number of furan rings is 1. The fraction of sp³-hybridized carbons (Fsp3) is 0.444. The van der Waals surface area contributed by atoms with E-state index in [1.54, 1.807) is 39.0 Å². The maximum atomic E-state index is 12.3. The van der Waals surface area contributed by atoms with Crippen molar-refractivity contribution in [3.63, 3.8) is 0 Å². The zero-order valence-electron chi connectivity index (χ0n) is 14.8. The van der Waals surface area contributed by atoms with Crippen LogP contribution in [0.4, 0.5) is 0 Å². The molecule has 1 aromatic heterocycles. The average molecular weight is 350 g/mol. The summed E-state index contributed by atoms with van der Waals surface area (Å²) in [6.07, 6.45) is -0.762. The molecule has 0 amide bonds. The Hall–Kier alpha value is -2.54. The molecule has 1 aromatic carbocycles. The van der Waals surface area contributed by atoms with Gasteiger partial charge in [-0.2, -0.15) is 0 Å². The van der Waals surface area contributed by atoms with Gasteiger partial charge >= 0.3 is 11.9 Å². The first-order chi connectivity index (χ1) is 12.0. The first kappa shape index (κ1) is 18.8. The molecule has 0 saturated carbocycles. The minimum Gasteiger partial charge on any atom is -0.479 e. The normalized spacial score (nSPS) is 12.0. The van der Waals surface area contributed by atoms with Crippen LogP contribution in [-0.4, -0.2) is 45.0 Å². The Labute approximate surface area is 145 Å². The quantitative estimate of drug-likeness (QED) is 0.534. The molecule has 0 aliphatic heterocycles. The standard InChI is InChI=1S/C18H22O7/c1-5-22-17(19)12(3)24-13-6-7-15-14(10-13)16(11(2)25-15)18(20)23-9-8-21-4/h6-7,10,12H,5,8-9H2,1-4H3/t12-/m1/s1. The van der Waals surface area contributed by atoms with Crippen LogP contribution < -0.4 is 4.74 Å². The number of esters is 2. The number of aryl methyl sites for hydroxylation is 1. The molecule has 136 valence electrons. The van der Waals surface area contributed by atoms with Gasteiger partial charge < -0.3 is 23.4 Å². The number of hydrogen-bond acceptors (Lipinski definition) is 7. The summed E-state index contributed by atoms with van der Waals surface area (Å²) in [7, 11) is 1.53. The highest BCUT2D eigenvalue weighted by Gasteiger charge is 2.21. The minimum absolute atomic E-state index is 0.150. The molecule has 7 heteroatoms. The highest BCUT2D eigenvalue weighted by atomic mass is 16.6. The van der Waals surface area contributed by atoms with Crippen molar-refractivity contribution in [1.82, 2.24) is 0 Å². The lowest BCUT2D eigenvalue weighted by atomic mass is 10.1. The van der Waals surface area contributed by atoms with E-state index in [0.29, 0.717) is 34.6 Å². The summed E-state index contributed by atoms with van der Waals surface area (Å²) in [5.41, 5.74) is 0.868. The van der Waals surface area contributed by atoms with Crippen LogP contribution in [0.2, 0.25) is 0 Å². The minimum atomic E-state index is -0.762. The summed E-state index contributed by atoms with van der Waals surface area (Å²) in [6.45, 7) is 5.76. The molecule has 0 saturated heterocycles. The number of rotatable bonds is 8. The molecule has 2 aromatic rings. The van der Waals surface area contributed by atoms with Crippen LogP contribution >= 0.6 is 0 Å². The van der Waals surface area contributed by atoms with Crippen LogP contribution in [0, 0.1) is 6.92 Å². The molecule has 0 fully saturated rings. The molecule has 0 bridgehead atoms. The van der Waals surface area contributed by atoms with Gasteiger partial charge in [0.15, 0.2) is 6.10 Å². The van der Waals surface area contributed by atoms with E-state index in [4.69, 9.17) is 23.4 Å². The molecule has 0 aliphatic carbocycles. The van der Waals surface area contributed by atoms with Crippen LogP contribution in [0.1, 0.15) is 30.0 Å². The number of ether oxygens (including phenoxy) is 4. The zero-order valence-corrected chi connectivity index (χ0v) is 14.8. The number of methoxy groups -OCH3 is 1. The summed E-state index contributed by atoms with van der Waals surface area (Å²) in [5, 5.41) is 0.563. The predicted molar refractivity (Wildman–Crippen MR) is 89.8 cm³/mol. The summed E-state index contributed by atoms with van der Waals surface area (Å²) in [6, 6.07) is 5.00. The molecule has 2 rings (SSSR count). The second kappa shape index (κ2) is 8.53. The largest absolute Gasteiger partial charge is 0.479 e. The Morgan fingerprint density at radius 2 is 1.96 bits per heavy atom. The summed E-state index contributed by atoms with van der Waals surface area (Å²) in [5.74, 6) is -0.0677. The first-order valence-corrected chi connectivity index (χ1v) is 8.00. The molecule has 0 radical (unpaired) electrons. The molecule has 0 unspecified atom stereocenters. The number of carbonyl (C=O) groups excluding carboxylic acids is 2. The van der Waals surface area contributed by atoms with Gasteiger partial charge in [0.25, 0.3) is 0 Å². The van der Waals surface area contributed by atoms with Gasteiger partial charge in [0, 0.05) is 12.5 Å². The molecule has 0 spiro atoms. The second-order valence-electron chi connectivity index (χ2n) is 5.33. The Morgan fingerprint density at radius 1 is 1.20 bits per heavy atom. The topological polar surface area (TPSA) is 84.2 Å². The highest BCUT2D eigenvalue weighted by Crippen LogP contribution is 2.30. The van der Waals surface area contributed by atoms with Gasteiger partial charge in [-0.1, -0.05) is 0 Å².